The third-order valence-electron chi connectivity index (χ3n) is 9.18. The number of unbranched alkanes of at least 4 members (excludes halogenated alkanes) is 21. The molecule has 1 atom stereocenters. The summed E-state index contributed by atoms with van der Waals surface area (Å²) in [5.74, 6) is 0.266. The summed E-state index contributed by atoms with van der Waals surface area (Å²) in [6.45, 7) is 7.45. The van der Waals surface area contributed by atoms with E-state index in [1.54, 1.807) is 0 Å². The van der Waals surface area contributed by atoms with Crippen LogP contribution in [0.4, 0.5) is 0 Å². The maximum atomic E-state index is 12.7. The number of esters is 1. The minimum atomic E-state index is -0.306. The Hall–Kier alpha value is -2.13. The van der Waals surface area contributed by atoms with Crippen molar-refractivity contribution in [3.8, 4) is 5.75 Å². The molecule has 0 aliphatic rings. The topological polar surface area (TPSA) is 35.5 Å². The third-order valence-corrected chi connectivity index (χ3v) is 9.18. The van der Waals surface area contributed by atoms with Crippen LogP contribution in [0.1, 0.15) is 196 Å². The average Bonchev–Trinajstić information content (AvgIpc) is 3.06. The molecule has 45 heavy (non-hydrogen) atoms. The molecule has 2 aromatic rings. The van der Waals surface area contributed by atoms with E-state index < -0.39 is 0 Å². The Bertz CT molecular complexity index is 949. The molecule has 0 bridgehead atoms. The number of hydrogen-bond donors (Lipinski definition) is 0. The summed E-state index contributed by atoms with van der Waals surface area (Å²) < 4.78 is 11.7. The predicted octanol–water partition coefficient (Wildman–Crippen LogP) is 13.5. The Balaban J connectivity index is 1.52. The Morgan fingerprint density at radius 3 is 1.42 bits per heavy atom. The molecule has 2 rings (SSSR count). The first kappa shape index (κ1) is 39.1. The lowest BCUT2D eigenvalue weighted by molar-refractivity contribution is 0.0627. The molecule has 3 nitrogen and oxygen atoms in total. The van der Waals surface area contributed by atoms with Crippen molar-refractivity contribution in [2.45, 2.75) is 181 Å². The van der Waals surface area contributed by atoms with Crippen LogP contribution in [0.15, 0.2) is 48.5 Å². The summed E-state index contributed by atoms with van der Waals surface area (Å²) in [7, 11) is 0. The number of ether oxygens (including phenoxy) is 2. The van der Waals surface area contributed by atoms with Gasteiger partial charge in [0, 0.05) is 6.61 Å². The van der Waals surface area contributed by atoms with E-state index in [0.29, 0.717) is 11.3 Å². The van der Waals surface area contributed by atoms with Crippen molar-refractivity contribution in [1.82, 2.24) is 0 Å². The first-order valence-electron chi connectivity index (χ1n) is 19.2. The van der Waals surface area contributed by atoms with Gasteiger partial charge in [-0.15, -0.1) is 0 Å². The smallest absolute Gasteiger partial charge is 0.343 e. The molecular formula is C42H68O3. The van der Waals surface area contributed by atoms with E-state index in [1.807, 2.05) is 36.4 Å². The summed E-state index contributed by atoms with van der Waals surface area (Å²) >= 11 is 0. The highest BCUT2D eigenvalue weighted by Crippen LogP contribution is 2.22. The summed E-state index contributed by atoms with van der Waals surface area (Å²) in [4.78, 5) is 12.7. The quantitative estimate of drug-likeness (QED) is 0.0515. The van der Waals surface area contributed by atoms with Crippen LogP contribution < -0.4 is 4.74 Å². The predicted molar refractivity (Wildman–Crippen MR) is 193 cm³/mol. The van der Waals surface area contributed by atoms with Gasteiger partial charge in [-0.2, -0.15) is 0 Å². The second kappa shape index (κ2) is 27.0. The van der Waals surface area contributed by atoms with Crippen molar-refractivity contribution in [2.24, 2.45) is 0 Å². The second-order valence-electron chi connectivity index (χ2n) is 13.3. The van der Waals surface area contributed by atoms with Gasteiger partial charge in [-0.25, -0.2) is 4.79 Å². The lowest BCUT2D eigenvalue weighted by atomic mass is 10.0. The van der Waals surface area contributed by atoms with E-state index in [9.17, 15) is 4.79 Å². The zero-order valence-corrected chi connectivity index (χ0v) is 29.6. The number of rotatable bonds is 29. The van der Waals surface area contributed by atoms with E-state index in [2.05, 4.69) is 32.9 Å². The molecule has 3 heteroatoms. The van der Waals surface area contributed by atoms with Gasteiger partial charge in [0.05, 0.1) is 11.7 Å². The molecule has 0 saturated carbocycles. The van der Waals surface area contributed by atoms with E-state index >= 15 is 0 Å². The first-order valence-corrected chi connectivity index (χ1v) is 19.2. The number of hydrogen-bond acceptors (Lipinski definition) is 3. The van der Waals surface area contributed by atoms with Gasteiger partial charge in [0.2, 0.25) is 0 Å². The van der Waals surface area contributed by atoms with Gasteiger partial charge >= 0.3 is 5.97 Å². The highest BCUT2D eigenvalue weighted by atomic mass is 16.5. The van der Waals surface area contributed by atoms with Crippen LogP contribution in [0.25, 0.3) is 0 Å². The second-order valence-corrected chi connectivity index (χ2v) is 13.3. The highest BCUT2D eigenvalue weighted by Gasteiger charge is 2.11. The molecule has 0 aliphatic carbocycles. The summed E-state index contributed by atoms with van der Waals surface area (Å²) in [6.07, 6.45) is 32.3. The Morgan fingerprint density at radius 2 is 0.956 bits per heavy atom. The zero-order valence-electron chi connectivity index (χ0n) is 29.6. The molecule has 2 aromatic carbocycles. The number of aryl methyl sites for hydroxylation is 1. The van der Waals surface area contributed by atoms with Crippen molar-refractivity contribution >= 4 is 5.97 Å². The fourth-order valence-corrected chi connectivity index (χ4v) is 6.07. The SMILES string of the molecule is CCCCCCCCCCCCCCCOC(C)c1ccc(OC(=O)c2ccc(CCCCCCCCCCCC)cc2)cc1. The highest BCUT2D eigenvalue weighted by molar-refractivity contribution is 5.91. The van der Waals surface area contributed by atoms with Crippen molar-refractivity contribution in [2.75, 3.05) is 6.61 Å². The minimum Gasteiger partial charge on any atom is -0.423 e. The Kier molecular flexibility index (Phi) is 23.5. The summed E-state index contributed by atoms with van der Waals surface area (Å²) in [5, 5.41) is 0. The fourth-order valence-electron chi connectivity index (χ4n) is 6.07. The minimum absolute atomic E-state index is 0.0372. The standard InChI is InChI=1S/C42H68O3/c1-4-6-8-10-12-14-16-17-18-20-22-24-26-36-44-37(3)39-32-34-41(35-33-39)45-42(43)40-30-28-38(29-31-40)27-25-23-21-19-15-13-11-9-7-5-2/h28-35,37H,4-27,36H2,1-3H3. The first-order chi connectivity index (χ1) is 22.1. The van der Waals surface area contributed by atoms with Gasteiger partial charge in [-0.1, -0.05) is 173 Å². The maximum Gasteiger partial charge on any atom is 0.343 e. The van der Waals surface area contributed by atoms with Gasteiger partial charge in [0.1, 0.15) is 5.75 Å². The maximum absolute atomic E-state index is 12.7. The van der Waals surface area contributed by atoms with Gasteiger partial charge < -0.3 is 9.47 Å². The molecule has 1 unspecified atom stereocenters. The molecule has 0 amide bonds. The lowest BCUT2D eigenvalue weighted by Gasteiger charge is -2.14. The van der Waals surface area contributed by atoms with Gasteiger partial charge in [0.25, 0.3) is 0 Å². The number of carbonyl (C=O) groups excluding carboxylic acids is 1. The molecule has 0 fully saturated rings. The zero-order chi connectivity index (χ0) is 32.2. The van der Waals surface area contributed by atoms with E-state index in [4.69, 9.17) is 9.47 Å². The largest absolute Gasteiger partial charge is 0.423 e. The summed E-state index contributed by atoms with van der Waals surface area (Å²) in [6, 6.07) is 15.7. The lowest BCUT2D eigenvalue weighted by Crippen LogP contribution is -2.08. The van der Waals surface area contributed by atoms with Crippen molar-refractivity contribution < 1.29 is 14.3 Å². The van der Waals surface area contributed by atoms with Crippen LogP contribution in [0.5, 0.6) is 5.75 Å². The van der Waals surface area contributed by atoms with Crippen LogP contribution in [-0.4, -0.2) is 12.6 Å². The summed E-state index contributed by atoms with van der Waals surface area (Å²) in [5.41, 5.74) is 3.00. The molecular weight excluding hydrogens is 552 g/mol. The third kappa shape index (κ3) is 19.9. The van der Waals surface area contributed by atoms with E-state index in [0.717, 1.165) is 25.0 Å². The van der Waals surface area contributed by atoms with E-state index in [1.165, 1.54) is 147 Å². The monoisotopic (exact) mass is 621 g/mol. The fraction of sp³-hybridized carbons (Fsp3) is 0.690. The van der Waals surface area contributed by atoms with Gasteiger partial charge in [-0.3, -0.25) is 0 Å². The van der Waals surface area contributed by atoms with Gasteiger partial charge in [0.15, 0.2) is 0 Å². The molecule has 0 aromatic heterocycles. The molecule has 0 spiro atoms. The molecule has 0 aliphatic heterocycles. The molecule has 0 heterocycles. The number of carbonyl (C=O) groups is 1. The van der Waals surface area contributed by atoms with Crippen LogP contribution in [0.2, 0.25) is 0 Å². The Labute approximate surface area is 278 Å². The molecule has 0 saturated heterocycles. The van der Waals surface area contributed by atoms with Crippen LogP contribution >= 0.6 is 0 Å². The van der Waals surface area contributed by atoms with Crippen molar-refractivity contribution in [3.63, 3.8) is 0 Å². The number of benzene rings is 2. The molecule has 254 valence electrons. The van der Waals surface area contributed by atoms with Crippen molar-refractivity contribution in [1.29, 1.82) is 0 Å². The van der Waals surface area contributed by atoms with Gasteiger partial charge in [-0.05, 0) is 61.6 Å². The van der Waals surface area contributed by atoms with Crippen LogP contribution in [0, 0.1) is 0 Å². The van der Waals surface area contributed by atoms with Crippen molar-refractivity contribution in [3.05, 3.63) is 65.2 Å². The molecule has 0 N–H and O–H groups in total. The van der Waals surface area contributed by atoms with E-state index in [-0.39, 0.29) is 12.1 Å². The van der Waals surface area contributed by atoms with Crippen LogP contribution in [0.3, 0.4) is 0 Å². The Morgan fingerprint density at radius 1 is 0.533 bits per heavy atom. The normalized spacial score (nSPS) is 12.0. The average molecular weight is 621 g/mol. The molecule has 0 radical (unpaired) electrons. The van der Waals surface area contributed by atoms with Crippen LogP contribution in [-0.2, 0) is 11.2 Å².